The van der Waals surface area contributed by atoms with Crippen molar-refractivity contribution in [3.63, 3.8) is 0 Å². The lowest BCUT2D eigenvalue weighted by Crippen LogP contribution is -2.32. The Bertz CT molecular complexity index is 917. The third-order valence-electron chi connectivity index (χ3n) is 3.64. The highest BCUT2D eigenvalue weighted by atomic mass is 35.5. The molecule has 0 atom stereocenters. The number of hydrogen-bond donors (Lipinski definition) is 2. The predicted molar refractivity (Wildman–Crippen MR) is 102 cm³/mol. The Morgan fingerprint density at radius 2 is 2.08 bits per heavy atom. The number of methoxy groups -OCH3 is 1. The molecule has 26 heavy (non-hydrogen) atoms. The van der Waals surface area contributed by atoms with E-state index in [1.165, 1.54) is 7.11 Å². The number of urea groups is 1. The molecule has 3 aromatic rings. The van der Waals surface area contributed by atoms with E-state index in [9.17, 15) is 4.79 Å². The zero-order valence-corrected chi connectivity index (χ0v) is 14.9. The fourth-order valence-corrected chi connectivity index (χ4v) is 2.65. The standard InChI is InChI=1S/C19H18ClN3O3/c1-25-18-7-4-14(12-16(18)20)23-19(24)22-9-10-26-15-5-6-17-13(11-15)3-2-8-21-17/h2-8,11-12H,9-10H2,1H3,(H2,22,23,24). The van der Waals surface area contributed by atoms with Crippen molar-refractivity contribution in [1.29, 1.82) is 0 Å². The molecule has 6 nitrogen and oxygen atoms in total. The number of aromatic nitrogens is 1. The van der Waals surface area contributed by atoms with E-state index < -0.39 is 0 Å². The van der Waals surface area contributed by atoms with Gasteiger partial charge in [0, 0.05) is 17.3 Å². The van der Waals surface area contributed by atoms with Crippen LogP contribution in [0.25, 0.3) is 10.9 Å². The quantitative estimate of drug-likeness (QED) is 0.640. The second-order valence-corrected chi connectivity index (χ2v) is 5.84. The fourth-order valence-electron chi connectivity index (χ4n) is 2.40. The molecule has 0 spiro atoms. The lowest BCUT2D eigenvalue weighted by molar-refractivity contribution is 0.247. The van der Waals surface area contributed by atoms with Crippen LogP contribution in [-0.4, -0.2) is 31.3 Å². The van der Waals surface area contributed by atoms with Crippen molar-refractivity contribution in [2.24, 2.45) is 0 Å². The number of carbonyl (C=O) groups is 1. The molecule has 1 heterocycles. The number of nitrogens with one attached hydrogen (secondary N) is 2. The maximum Gasteiger partial charge on any atom is 0.319 e. The first-order valence-corrected chi connectivity index (χ1v) is 8.39. The number of nitrogens with zero attached hydrogens (tertiary/aromatic N) is 1. The number of anilines is 1. The van der Waals surface area contributed by atoms with E-state index in [0.717, 1.165) is 16.7 Å². The number of pyridine rings is 1. The summed E-state index contributed by atoms with van der Waals surface area (Å²) < 4.78 is 10.7. The molecule has 0 saturated heterocycles. The van der Waals surface area contributed by atoms with Crippen LogP contribution in [0.3, 0.4) is 0 Å². The topological polar surface area (TPSA) is 72.5 Å². The molecule has 0 radical (unpaired) electrons. The van der Waals surface area contributed by atoms with Crippen LogP contribution in [0.5, 0.6) is 11.5 Å². The van der Waals surface area contributed by atoms with Crippen LogP contribution in [-0.2, 0) is 0 Å². The van der Waals surface area contributed by atoms with Crippen molar-refractivity contribution in [3.05, 3.63) is 59.8 Å². The number of rotatable bonds is 6. The van der Waals surface area contributed by atoms with Gasteiger partial charge >= 0.3 is 6.03 Å². The van der Waals surface area contributed by atoms with Gasteiger partial charge < -0.3 is 20.1 Å². The predicted octanol–water partition coefficient (Wildman–Crippen LogP) is 4.10. The van der Waals surface area contributed by atoms with Crippen LogP contribution in [0.1, 0.15) is 0 Å². The van der Waals surface area contributed by atoms with Gasteiger partial charge in [-0.15, -0.1) is 0 Å². The minimum Gasteiger partial charge on any atom is -0.495 e. The lowest BCUT2D eigenvalue weighted by Gasteiger charge is -2.10. The smallest absolute Gasteiger partial charge is 0.319 e. The van der Waals surface area contributed by atoms with Crippen LogP contribution >= 0.6 is 11.6 Å². The monoisotopic (exact) mass is 371 g/mol. The summed E-state index contributed by atoms with van der Waals surface area (Å²) in [5.41, 5.74) is 1.49. The van der Waals surface area contributed by atoms with Crippen molar-refractivity contribution >= 4 is 34.2 Å². The van der Waals surface area contributed by atoms with Crippen LogP contribution in [0.15, 0.2) is 54.7 Å². The first-order chi connectivity index (χ1) is 12.7. The molecule has 0 fully saturated rings. The highest BCUT2D eigenvalue weighted by Gasteiger charge is 2.05. The van der Waals surface area contributed by atoms with E-state index in [1.54, 1.807) is 24.4 Å². The zero-order chi connectivity index (χ0) is 18.4. The number of benzene rings is 2. The van der Waals surface area contributed by atoms with Gasteiger partial charge in [0.25, 0.3) is 0 Å². The molecule has 3 rings (SSSR count). The molecule has 0 aliphatic heterocycles. The second kappa shape index (κ2) is 8.40. The summed E-state index contributed by atoms with van der Waals surface area (Å²) in [5, 5.41) is 6.86. The van der Waals surface area contributed by atoms with Gasteiger partial charge in [-0.3, -0.25) is 4.98 Å². The van der Waals surface area contributed by atoms with Gasteiger partial charge in [-0.1, -0.05) is 17.7 Å². The SMILES string of the molecule is COc1ccc(NC(=O)NCCOc2ccc3ncccc3c2)cc1Cl. The number of carbonyl (C=O) groups excluding carboxylic acids is 1. The van der Waals surface area contributed by atoms with Crippen molar-refractivity contribution < 1.29 is 14.3 Å². The highest BCUT2D eigenvalue weighted by molar-refractivity contribution is 6.32. The summed E-state index contributed by atoms with van der Waals surface area (Å²) in [6.07, 6.45) is 1.75. The van der Waals surface area contributed by atoms with E-state index in [2.05, 4.69) is 15.6 Å². The summed E-state index contributed by atoms with van der Waals surface area (Å²) in [4.78, 5) is 16.2. The molecule has 2 aromatic carbocycles. The van der Waals surface area contributed by atoms with Crippen molar-refractivity contribution in [3.8, 4) is 11.5 Å². The van der Waals surface area contributed by atoms with Gasteiger partial charge in [0.05, 0.1) is 24.2 Å². The number of halogens is 1. The number of hydrogen-bond acceptors (Lipinski definition) is 4. The summed E-state index contributed by atoms with van der Waals surface area (Å²) >= 11 is 6.03. The molecule has 134 valence electrons. The van der Waals surface area contributed by atoms with Crippen LogP contribution in [0.4, 0.5) is 10.5 Å². The van der Waals surface area contributed by atoms with Crippen LogP contribution < -0.4 is 20.1 Å². The second-order valence-electron chi connectivity index (χ2n) is 5.44. The maximum atomic E-state index is 11.9. The van der Waals surface area contributed by atoms with E-state index in [1.807, 2.05) is 30.3 Å². The Kier molecular flexibility index (Phi) is 5.76. The Labute approximate surface area is 156 Å². The molecule has 2 N–H and O–H groups in total. The summed E-state index contributed by atoms with van der Waals surface area (Å²) in [6.45, 7) is 0.712. The van der Waals surface area contributed by atoms with Gasteiger partial charge in [-0.05, 0) is 42.5 Å². The van der Waals surface area contributed by atoms with E-state index in [-0.39, 0.29) is 6.03 Å². The molecule has 1 aromatic heterocycles. The van der Waals surface area contributed by atoms with Gasteiger partial charge in [0.15, 0.2) is 0 Å². The summed E-state index contributed by atoms with van der Waals surface area (Å²) in [6, 6.07) is 14.2. The Balaban J connectivity index is 1.45. The van der Waals surface area contributed by atoms with Gasteiger partial charge in [-0.2, -0.15) is 0 Å². The molecule has 0 aliphatic rings. The van der Waals surface area contributed by atoms with Crippen molar-refractivity contribution in [2.45, 2.75) is 0 Å². The molecule has 0 bridgehead atoms. The molecule has 0 unspecified atom stereocenters. The number of amides is 2. The zero-order valence-electron chi connectivity index (χ0n) is 14.2. The van der Waals surface area contributed by atoms with Gasteiger partial charge in [0.2, 0.25) is 0 Å². The molecule has 0 saturated carbocycles. The molecular formula is C19H18ClN3O3. The Hall–Kier alpha value is -2.99. The van der Waals surface area contributed by atoms with Gasteiger partial charge in [-0.25, -0.2) is 4.79 Å². The maximum absolute atomic E-state index is 11.9. The lowest BCUT2D eigenvalue weighted by atomic mass is 10.2. The highest BCUT2D eigenvalue weighted by Crippen LogP contribution is 2.27. The third kappa shape index (κ3) is 4.55. The molecule has 2 amide bonds. The summed E-state index contributed by atoms with van der Waals surface area (Å²) in [7, 11) is 1.53. The fraction of sp³-hybridized carbons (Fsp3) is 0.158. The minimum absolute atomic E-state index is 0.336. The summed E-state index contributed by atoms with van der Waals surface area (Å²) in [5.74, 6) is 1.28. The van der Waals surface area contributed by atoms with Crippen molar-refractivity contribution in [2.75, 3.05) is 25.6 Å². The number of fused-ring (bicyclic) bond motifs is 1. The van der Waals surface area contributed by atoms with Crippen molar-refractivity contribution in [1.82, 2.24) is 10.3 Å². The molecule has 0 aliphatic carbocycles. The van der Waals surface area contributed by atoms with Crippen LogP contribution in [0.2, 0.25) is 5.02 Å². The van der Waals surface area contributed by atoms with Crippen LogP contribution in [0, 0.1) is 0 Å². The van der Waals surface area contributed by atoms with E-state index in [4.69, 9.17) is 21.1 Å². The van der Waals surface area contributed by atoms with Gasteiger partial charge in [0.1, 0.15) is 18.1 Å². The first kappa shape index (κ1) is 17.8. The van der Waals surface area contributed by atoms with E-state index in [0.29, 0.717) is 29.6 Å². The normalized spacial score (nSPS) is 10.4. The van der Waals surface area contributed by atoms with E-state index >= 15 is 0 Å². The third-order valence-corrected chi connectivity index (χ3v) is 3.94. The largest absolute Gasteiger partial charge is 0.495 e. The Morgan fingerprint density at radius 1 is 1.19 bits per heavy atom. The molecule has 7 heteroatoms. The minimum atomic E-state index is -0.336. The molecular weight excluding hydrogens is 354 g/mol. The average Bonchev–Trinajstić information content (AvgIpc) is 2.65. The number of ether oxygens (including phenoxy) is 2. The Morgan fingerprint density at radius 3 is 2.88 bits per heavy atom. The average molecular weight is 372 g/mol. The first-order valence-electron chi connectivity index (χ1n) is 8.02.